The van der Waals surface area contributed by atoms with Crippen molar-refractivity contribution < 1.29 is 80.9 Å². The van der Waals surface area contributed by atoms with Crippen LogP contribution >= 0.6 is 0 Å². The Morgan fingerprint density at radius 1 is 0.480 bits per heavy atom. The van der Waals surface area contributed by atoms with Crippen molar-refractivity contribution in [3.63, 3.8) is 0 Å². The molecule has 0 N–H and O–H groups in total. The van der Waals surface area contributed by atoms with Gasteiger partial charge in [0.25, 0.3) is 0 Å². The van der Waals surface area contributed by atoms with E-state index in [9.17, 15) is 0 Å². The third-order valence-corrected chi connectivity index (χ3v) is 6.11. The molecule has 0 amide bonds. The lowest BCUT2D eigenvalue weighted by Gasteiger charge is -2.23. The van der Waals surface area contributed by atoms with Crippen LogP contribution in [0.25, 0.3) is 0 Å². The molecule has 0 aromatic rings. The Kier molecular flexibility index (Phi) is 27.6. The summed E-state index contributed by atoms with van der Waals surface area (Å²) in [6, 6.07) is 0. The quantitative estimate of drug-likeness (QED) is 0.0732. The summed E-state index contributed by atoms with van der Waals surface area (Å²) in [5, 5.41) is 0. The van der Waals surface area contributed by atoms with Gasteiger partial charge in [0, 0.05) is 0 Å². The molecular weight excluding hydrogens is 669 g/mol. The first-order chi connectivity index (χ1) is 10.1. The SMILES string of the molecule is C[S+](CCCCCC[N+](C)(C)C)CCCCCC[N+](C)(C)C.[I-].[I-].[I-]. The average molecular weight is 714 g/mol. The predicted molar refractivity (Wildman–Crippen MR) is 106 cm³/mol. The van der Waals surface area contributed by atoms with Gasteiger partial charge >= 0.3 is 0 Å². The molecule has 0 rings (SSSR count). The molecule has 0 saturated carbocycles. The van der Waals surface area contributed by atoms with Crippen LogP contribution in [0.4, 0.5) is 0 Å². The van der Waals surface area contributed by atoms with Crippen LogP contribution in [0, 0.1) is 0 Å². The van der Waals surface area contributed by atoms with Crippen LogP contribution in [0.1, 0.15) is 51.4 Å². The van der Waals surface area contributed by atoms with Gasteiger partial charge in [0.15, 0.2) is 0 Å². The lowest BCUT2D eigenvalue weighted by molar-refractivity contribution is -0.870. The zero-order valence-corrected chi connectivity index (χ0v) is 25.2. The Morgan fingerprint density at radius 3 is 1.04 bits per heavy atom. The van der Waals surface area contributed by atoms with E-state index in [0.29, 0.717) is 10.9 Å². The predicted octanol–water partition coefficient (Wildman–Crippen LogP) is -5.22. The molecule has 0 atom stereocenters. The Morgan fingerprint density at radius 2 is 0.760 bits per heavy atom. The van der Waals surface area contributed by atoms with E-state index < -0.39 is 0 Å². The zero-order chi connectivity index (χ0) is 17.1. The van der Waals surface area contributed by atoms with Gasteiger partial charge in [-0.3, -0.25) is 0 Å². The minimum atomic E-state index is 0. The van der Waals surface area contributed by atoms with Gasteiger partial charge in [-0.2, -0.15) is 0 Å². The molecule has 0 bridgehead atoms. The van der Waals surface area contributed by atoms with Crippen LogP contribution in [0.15, 0.2) is 0 Å². The number of halogens is 3. The highest BCUT2D eigenvalue weighted by atomic mass is 127. The van der Waals surface area contributed by atoms with E-state index in [1.807, 2.05) is 0 Å². The van der Waals surface area contributed by atoms with Crippen molar-refractivity contribution in [1.82, 2.24) is 0 Å². The van der Waals surface area contributed by atoms with Crippen LogP contribution in [0.5, 0.6) is 0 Å². The standard InChI is InChI=1S/C19H45N2S.3HI/c1-20(2,3)16-12-8-10-14-18-22(7)19-15-11-9-13-17-21(4,5)6;;;/h8-19H2,1-7H3;3*1H/q+3;;;/p-3. The maximum atomic E-state index is 2.48. The number of rotatable bonds is 14. The summed E-state index contributed by atoms with van der Waals surface area (Å²) >= 11 is 0. The largest absolute Gasteiger partial charge is 1.00 e. The summed E-state index contributed by atoms with van der Waals surface area (Å²) in [6.07, 6.45) is 13.9. The van der Waals surface area contributed by atoms with E-state index in [0.717, 1.165) is 8.97 Å². The number of quaternary nitrogens is 2. The van der Waals surface area contributed by atoms with E-state index in [1.165, 1.54) is 76.0 Å². The maximum Gasteiger partial charge on any atom is 0.107 e. The second-order valence-electron chi connectivity index (χ2n) is 9.05. The first-order valence-electron chi connectivity index (χ1n) is 9.30. The molecule has 0 unspecified atom stereocenters. The van der Waals surface area contributed by atoms with Crippen LogP contribution in [-0.4, -0.2) is 82.1 Å². The highest BCUT2D eigenvalue weighted by Gasteiger charge is 2.11. The van der Waals surface area contributed by atoms with Crippen molar-refractivity contribution in [2.75, 3.05) is 73.1 Å². The number of nitrogens with zero attached hydrogens (tertiary/aromatic N) is 2. The van der Waals surface area contributed by atoms with Crippen LogP contribution in [-0.2, 0) is 10.9 Å². The van der Waals surface area contributed by atoms with E-state index in [2.05, 4.69) is 48.5 Å². The summed E-state index contributed by atoms with van der Waals surface area (Å²) < 4.78 is 2.23. The van der Waals surface area contributed by atoms with Gasteiger partial charge in [-0.05, 0) is 62.3 Å². The van der Waals surface area contributed by atoms with E-state index in [4.69, 9.17) is 0 Å². The molecule has 0 saturated heterocycles. The van der Waals surface area contributed by atoms with E-state index >= 15 is 0 Å². The van der Waals surface area contributed by atoms with Gasteiger partial charge in [-0.1, -0.05) is 0 Å². The van der Waals surface area contributed by atoms with E-state index in [1.54, 1.807) is 0 Å². The maximum absolute atomic E-state index is 2.48. The normalized spacial score (nSPS) is 11.5. The first-order valence-corrected chi connectivity index (χ1v) is 11.3. The summed E-state index contributed by atoms with van der Waals surface area (Å²) in [6.45, 7) is 2.65. The van der Waals surface area contributed by atoms with Crippen molar-refractivity contribution in [2.24, 2.45) is 0 Å². The summed E-state index contributed by atoms with van der Waals surface area (Å²) in [7, 11) is 14.5. The Hall–Kier alpha value is 2.46. The lowest BCUT2D eigenvalue weighted by Crippen LogP contribution is -3.00. The monoisotopic (exact) mass is 714 g/mol. The third kappa shape index (κ3) is 31.4. The second kappa shape index (κ2) is 19.8. The van der Waals surface area contributed by atoms with Crippen LogP contribution in [0.3, 0.4) is 0 Å². The Bertz CT molecular complexity index is 240. The van der Waals surface area contributed by atoms with Gasteiger partial charge in [-0.25, -0.2) is 0 Å². The molecule has 0 radical (unpaired) electrons. The van der Waals surface area contributed by atoms with Gasteiger partial charge in [-0.15, -0.1) is 0 Å². The molecule has 25 heavy (non-hydrogen) atoms. The molecule has 0 aromatic heterocycles. The fourth-order valence-corrected chi connectivity index (χ4v) is 4.28. The second-order valence-corrected chi connectivity index (χ2v) is 11.4. The van der Waals surface area contributed by atoms with Crippen LogP contribution in [0.2, 0.25) is 0 Å². The van der Waals surface area contributed by atoms with Gasteiger partial charge < -0.3 is 80.9 Å². The zero-order valence-electron chi connectivity index (χ0n) is 17.9. The smallest absolute Gasteiger partial charge is 0.107 e. The van der Waals surface area contributed by atoms with Crippen LogP contribution < -0.4 is 71.9 Å². The van der Waals surface area contributed by atoms with Crippen molar-refractivity contribution in [3.8, 4) is 0 Å². The highest BCUT2D eigenvalue weighted by Crippen LogP contribution is 2.09. The van der Waals surface area contributed by atoms with Crippen molar-refractivity contribution in [1.29, 1.82) is 0 Å². The fourth-order valence-electron chi connectivity index (χ4n) is 2.68. The van der Waals surface area contributed by atoms with Gasteiger partial charge in [0.1, 0.15) is 11.5 Å². The minimum absolute atomic E-state index is 0. The molecule has 0 fully saturated rings. The summed E-state index contributed by atoms with van der Waals surface area (Å²) in [5.74, 6) is 2.95. The fraction of sp³-hybridized carbons (Fsp3) is 1.00. The van der Waals surface area contributed by atoms with Crippen molar-refractivity contribution in [2.45, 2.75) is 51.4 Å². The molecule has 0 heterocycles. The molecule has 0 spiro atoms. The van der Waals surface area contributed by atoms with Crippen molar-refractivity contribution >= 4 is 10.9 Å². The molecular formula is C19H45I3N2S. The topological polar surface area (TPSA) is 0 Å². The highest BCUT2D eigenvalue weighted by molar-refractivity contribution is 7.96. The molecule has 6 heteroatoms. The first kappa shape index (κ1) is 34.9. The summed E-state index contributed by atoms with van der Waals surface area (Å²) in [5.41, 5.74) is 0. The molecule has 0 aliphatic heterocycles. The molecule has 2 nitrogen and oxygen atoms in total. The molecule has 0 aliphatic rings. The number of hydrogen-bond donors (Lipinski definition) is 0. The Labute approximate surface area is 214 Å². The Balaban J connectivity index is -0.000000735. The van der Waals surface area contributed by atoms with Gasteiger partial charge in [0.2, 0.25) is 0 Å². The van der Waals surface area contributed by atoms with Gasteiger partial charge in [0.05, 0.1) is 61.6 Å². The number of hydrogen-bond acceptors (Lipinski definition) is 0. The summed E-state index contributed by atoms with van der Waals surface area (Å²) in [4.78, 5) is 0. The minimum Gasteiger partial charge on any atom is -1.00 e. The van der Waals surface area contributed by atoms with Crippen molar-refractivity contribution in [3.05, 3.63) is 0 Å². The van der Waals surface area contributed by atoms with E-state index in [-0.39, 0.29) is 71.9 Å². The molecule has 0 aliphatic carbocycles. The third-order valence-electron chi connectivity index (χ3n) is 4.14. The molecule has 158 valence electrons. The number of unbranched alkanes of at least 4 members (excludes halogenated alkanes) is 6. The average Bonchev–Trinajstić information content (AvgIpc) is 2.35. The lowest BCUT2D eigenvalue weighted by atomic mass is 10.2. The molecule has 0 aromatic carbocycles.